The van der Waals surface area contributed by atoms with Gasteiger partial charge in [0, 0.05) is 40.3 Å². The molecule has 3 N–H and O–H groups in total. The van der Waals surface area contributed by atoms with Crippen LogP contribution >= 0.6 is 0 Å². The van der Waals surface area contributed by atoms with E-state index in [1.807, 2.05) is 7.05 Å². The minimum absolute atomic E-state index is 0.164. The second-order valence-electron chi connectivity index (χ2n) is 5.12. The summed E-state index contributed by atoms with van der Waals surface area (Å²) in [7, 11) is 3.61. The summed E-state index contributed by atoms with van der Waals surface area (Å²) in [4.78, 5) is 6.42. The first kappa shape index (κ1) is 14.8. The van der Waals surface area contributed by atoms with Crippen molar-refractivity contribution in [3.63, 3.8) is 0 Å². The number of β-amino-alcohol motifs (C(OH)–C–C–N with tert-alkyl or cyclic N) is 1. The molecule has 0 amide bonds. The molecule has 5 nitrogen and oxygen atoms in total. The van der Waals surface area contributed by atoms with E-state index in [-0.39, 0.29) is 6.10 Å². The van der Waals surface area contributed by atoms with Crippen LogP contribution in [0.4, 0.5) is 0 Å². The van der Waals surface area contributed by atoms with Crippen molar-refractivity contribution in [3.8, 4) is 0 Å². The van der Waals surface area contributed by atoms with E-state index >= 15 is 0 Å². The molecule has 1 fully saturated rings. The van der Waals surface area contributed by atoms with Gasteiger partial charge in [-0.3, -0.25) is 9.89 Å². The van der Waals surface area contributed by atoms with Gasteiger partial charge in [0.2, 0.25) is 0 Å². The highest BCUT2D eigenvalue weighted by atomic mass is 16.3. The smallest absolute Gasteiger partial charge is 0.190 e. The molecule has 1 aliphatic rings. The number of nitrogens with zero attached hydrogens (tertiary/aromatic N) is 2. The highest BCUT2D eigenvalue weighted by Gasteiger charge is 2.20. The molecular weight excluding hydrogens is 252 g/mol. The summed E-state index contributed by atoms with van der Waals surface area (Å²) in [6.45, 7) is 3.40. The van der Waals surface area contributed by atoms with Crippen molar-refractivity contribution in [2.24, 2.45) is 4.99 Å². The number of aliphatic hydroxyl groups excluding tert-OH is 1. The summed E-state index contributed by atoms with van der Waals surface area (Å²) < 4.78 is 0. The van der Waals surface area contributed by atoms with Crippen LogP contribution in [0.1, 0.15) is 17.5 Å². The lowest BCUT2D eigenvalue weighted by atomic mass is 10.1. The summed E-state index contributed by atoms with van der Waals surface area (Å²) >= 11 is 0. The Balaban J connectivity index is 1.98. The molecule has 20 heavy (non-hydrogen) atoms. The molecule has 0 spiro atoms. The van der Waals surface area contributed by atoms with Crippen molar-refractivity contribution >= 4 is 5.96 Å². The third-order valence-electron chi connectivity index (χ3n) is 3.67. The highest BCUT2D eigenvalue weighted by molar-refractivity contribution is 5.79. The maximum Gasteiger partial charge on any atom is 0.190 e. The van der Waals surface area contributed by atoms with E-state index in [4.69, 9.17) is 0 Å². The van der Waals surface area contributed by atoms with Gasteiger partial charge in [0.05, 0.1) is 6.10 Å². The molecule has 0 saturated carbocycles. The number of benzene rings is 1. The van der Waals surface area contributed by atoms with Crippen LogP contribution in [0.2, 0.25) is 0 Å². The molecule has 5 heteroatoms. The molecule has 1 saturated heterocycles. The normalized spacial score (nSPS) is 20.1. The van der Waals surface area contributed by atoms with E-state index in [1.54, 1.807) is 7.05 Å². The summed E-state index contributed by atoms with van der Waals surface area (Å²) in [5, 5.41) is 15.9. The molecule has 1 aliphatic heterocycles. The van der Waals surface area contributed by atoms with E-state index in [2.05, 4.69) is 44.8 Å². The SMILES string of the molecule is CN=C(NC)NCc1ccccc1CN1CCC(O)C1. The number of aliphatic hydroxyl groups is 1. The Hall–Kier alpha value is -1.59. The fourth-order valence-corrected chi connectivity index (χ4v) is 2.54. The van der Waals surface area contributed by atoms with Gasteiger partial charge in [-0.05, 0) is 17.5 Å². The molecule has 1 unspecified atom stereocenters. The van der Waals surface area contributed by atoms with Crippen molar-refractivity contribution in [2.75, 3.05) is 27.2 Å². The van der Waals surface area contributed by atoms with Gasteiger partial charge < -0.3 is 15.7 Å². The fourth-order valence-electron chi connectivity index (χ4n) is 2.54. The molecule has 1 atom stereocenters. The number of hydrogen-bond acceptors (Lipinski definition) is 3. The predicted molar refractivity (Wildman–Crippen MR) is 81.6 cm³/mol. The molecule has 1 aromatic carbocycles. The molecule has 0 radical (unpaired) electrons. The fraction of sp³-hybridized carbons (Fsp3) is 0.533. The molecule has 0 aliphatic carbocycles. The van der Waals surface area contributed by atoms with Crippen LogP contribution < -0.4 is 10.6 Å². The highest BCUT2D eigenvalue weighted by Crippen LogP contribution is 2.16. The zero-order valence-corrected chi connectivity index (χ0v) is 12.3. The molecule has 2 rings (SSSR count). The molecule has 0 aromatic heterocycles. The van der Waals surface area contributed by atoms with E-state index < -0.39 is 0 Å². The van der Waals surface area contributed by atoms with Crippen LogP contribution in [0.15, 0.2) is 29.3 Å². The van der Waals surface area contributed by atoms with Gasteiger partial charge in [0.1, 0.15) is 0 Å². The Morgan fingerprint density at radius 2 is 2.15 bits per heavy atom. The minimum atomic E-state index is -0.164. The number of hydrogen-bond donors (Lipinski definition) is 3. The molecular formula is C15H24N4O. The third-order valence-corrected chi connectivity index (χ3v) is 3.67. The maximum absolute atomic E-state index is 9.61. The van der Waals surface area contributed by atoms with E-state index in [0.29, 0.717) is 0 Å². The van der Waals surface area contributed by atoms with Crippen LogP contribution in [0.25, 0.3) is 0 Å². The number of aliphatic imine (C=N–C) groups is 1. The number of rotatable bonds is 4. The largest absolute Gasteiger partial charge is 0.392 e. The summed E-state index contributed by atoms with van der Waals surface area (Å²) in [6, 6.07) is 8.42. The van der Waals surface area contributed by atoms with E-state index in [9.17, 15) is 5.11 Å². The Morgan fingerprint density at radius 3 is 2.75 bits per heavy atom. The topological polar surface area (TPSA) is 59.9 Å². The lowest BCUT2D eigenvalue weighted by Gasteiger charge is -2.18. The van der Waals surface area contributed by atoms with Gasteiger partial charge in [-0.25, -0.2) is 0 Å². The first-order valence-electron chi connectivity index (χ1n) is 7.08. The predicted octanol–water partition coefficient (Wildman–Crippen LogP) is 0.548. The van der Waals surface area contributed by atoms with Gasteiger partial charge in [-0.1, -0.05) is 24.3 Å². The Kier molecular flexibility index (Phi) is 5.38. The van der Waals surface area contributed by atoms with Crippen LogP contribution in [0.3, 0.4) is 0 Å². The lowest BCUT2D eigenvalue weighted by molar-refractivity contribution is 0.174. The molecule has 0 bridgehead atoms. The van der Waals surface area contributed by atoms with Gasteiger partial charge in [-0.2, -0.15) is 0 Å². The maximum atomic E-state index is 9.61. The van der Waals surface area contributed by atoms with Crippen LogP contribution in [0.5, 0.6) is 0 Å². The van der Waals surface area contributed by atoms with Crippen molar-refractivity contribution in [2.45, 2.75) is 25.6 Å². The Labute approximate surface area is 120 Å². The van der Waals surface area contributed by atoms with Crippen molar-refractivity contribution < 1.29 is 5.11 Å². The monoisotopic (exact) mass is 276 g/mol. The summed E-state index contributed by atoms with van der Waals surface area (Å²) in [5.41, 5.74) is 2.57. The van der Waals surface area contributed by atoms with E-state index in [1.165, 1.54) is 11.1 Å². The summed E-state index contributed by atoms with van der Waals surface area (Å²) in [6.07, 6.45) is 0.718. The van der Waals surface area contributed by atoms with Gasteiger partial charge in [0.15, 0.2) is 5.96 Å². The first-order valence-corrected chi connectivity index (χ1v) is 7.08. The van der Waals surface area contributed by atoms with Crippen molar-refractivity contribution in [3.05, 3.63) is 35.4 Å². The first-order chi connectivity index (χ1) is 9.72. The van der Waals surface area contributed by atoms with Gasteiger partial charge >= 0.3 is 0 Å². The lowest BCUT2D eigenvalue weighted by Crippen LogP contribution is -2.34. The van der Waals surface area contributed by atoms with Crippen molar-refractivity contribution in [1.29, 1.82) is 0 Å². The van der Waals surface area contributed by atoms with Crippen LogP contribution in [0, 0.1) is 0 Å². The second-order valence-corrected chi connectivity index (χ2v) is 5.12. The van der Waals surface area contributed by atoms with Crippen molar-refractivity contribution in [1.82, 2.24) is 15.5 Å². The van der Waals surface area contributed by atoms with Crippen LogP contribution in [-0.2, 0) is 13.1 Å². The zero-order valence-electron chi connectivity index (χ0n) is 12.3. The number of guanidine groups is 1. The van der Waals surface area contributed by atoms with Gasteiger partial charge in [0.25, 0.3) is 0 Å². The Bertz CT molecular complexity index is 461. The molecule has 1 heterocycles. The molecule has 1 aromatic rings. The van der Waals surface area contributed by atoms with Gasteiger partial charge in [-0.15, -0.1) is 0 Å². The average molecular weight is 276 g/mol. The second kappa shape index (κ2) is 7.26. The zero-order chi connectivity index (χ0) is 14.4. The van der Waals surface area contributed by atoms with E-state index in [0.717, 1.165) is 38.6 Å². The quantitative estimate of drug-likeness (QED) is 0.555. The minimum Gasteiger partial charge on any atom is -0.392 e. The summed E-state index contributed by atoms with van der Waals surface area (Å²) in [5.74, 6) is 0.788. The number of nitrogens with one attached hydrogen (secondary N) is 2. The third kappa shape index (κ3) is 3.95. The average Bonchev–Trinajstić information content (AvgIpc) is 2.87. The Morgan fingerprint density at radius 1 is 1.40 bits per heavy atom. The molecule has 110 valence electrons. The van der Waals surface area contributed by atoms with Crippen LogP contribution in [-0.4, -0.2) is 49.3 Å². The number of likely N-dealkylation sites (tertiary alicyclic amines) is 1. The standard InChI is InChI=1S/C15H24N4O/c1-16-15(17-2)18-9-12-5-3-4-6-13(12)10-19-8-7-14(20)11-19/h3-6,14,20H,7-11H2,1-2H3,(H2,16,17,18).